The highest BCUT2D eigenvalue weighted by Crippen LogP contribution is 2.41. The van der Waals surface area contributed by atoms with Crippen molar-refractivity contribution < 1.29 is 4.74 Å². The zero-order chi connectivity index (χ0) is 13.1. The van der Waals surface area contributed by atoms with Crippen LogP contribution in [0.25, 0.3) is 0 Å². The van der Waals surface area contributed by atoms with E-state index in [1.165, 1.54) is 19.3 Å². The lowest BCUT2D eigenvalue weighted by Gasteiger charge is -2.41. The summed E-state index contributed by atoms with van der Waals surface area (Å²) in [6.45, 7) is 11.4. The van der Waals surface area contributed by atoms with Gasteiger partial charge in [-0.2, -0.15) is 11.8 Å². The van der Waals surface area contributed by atoms with Crippen LogP contribution in [0.3, 0.4) is 0 Å². The van der Waals surface area contributed by atoms with Crippen LogP contribution in [-0.2, 0) is 4.74 Å². The first-order valence-corrected chi connectivity index (χ1v) is 8.56. The standard InChI is InChI=1S/C15H29NOS/c1-5-16-13-9-10(2)8-11(3)15(13)18-14-6-7-17-12(14)4/h10-16H,5-9H2,1-4H3. The molecule has 2 fully saturated rings. The molecule has 0 aromatic carbocycles. The lowest BCUT2D eigenvalue weighted by molar-refractivity contribution is 0.127. The molecule has 2 aliphatic rings. The summed E-state index contributed by atoms with van der Waals surface area (Å²) in [6.07, 6.45) is 4.42. The van der Waals surface area contributed by atoms with E-state index in [-0.39, 0.29) is 0 Å². The molecule has 0 spiro atoms. The Bertz CT molecular complexity index is 261. The number of nitrogens with one attached hydrogen (secondary N) is 1. The molecule has 0 amide bonds. The third-order valence-electron chi connectivity index (χ3n) is 4.49. The highest BCUT2D eigenvalue weighted by Gasteiger charge is 2.37. The maximum atomic E-state index is 5.72. The quantitative estimate of drug-likeness (QED) is 0.847. The summed E-state index contributed by atoms with van der Waals surface area (Å²) in [4.78, 5) is 0. The van der Waals surface area contributed by atoms with E-state index < -0.39 is 0 Å². The Morgan fingerprint density at radius 3 is 2.61 bits per heavy atom. The molecule has 0 aromatic rings. The van der Waals surface area contributed by atoms with Crippen LogP contribution in [-0.4, -0.2) is 35.8 Å². The van der Waals surface area contributed by atoms with Gasteiger partial charge in [0, 0.05) is 23.1 Å². The normalized spacial score (nSPS) is 45.3. The molecule has 2 nitrogen and oxygen atoms in total. The van der Waals surface area contributed by atoms with Gasteiger partial charge in [-0.05, 0) is 44.6 Å². The van der Waals surface area contributed by atoms with Crippen molar-refractivity contribution in [3.63, 3.8) is 0 Å². The van der Waals surface area contributed by atoms with E-state index in [1.807, 2.05) is 0 Å². The van der Waals surface area contributed by atoms with E-state index in [2.05, 4.69) is 44.8 Å². The molecule has 106 valence electrons. The van der Waals surface area contributed by atoms with Crippen LogP contribution in [0.5, 0.6) is 0 Å². The Hall–Kier alpha value is 0.270. The minimum absolute atomic E-state index is 0.448. The van der Waals surface area contributed by atoms with E-state index in [1.54, 1.807) is 0 Å². The van der Waals surface area contributed by atoms with Crippen molar-refractivity contribution in [2.75, 3.05) is 13.2 Å². The minimum Gasteiger partial charge on any atom is -0.377 e. The summed E-state index contributed by atoms with van der Waals surface area (Å²) in [5.74, 6) is 1.70. The average molecular weight is 271 g/mol. The molecule has 1 heterocycles. The van der Waals surface area contributed by atoms with Crippen molar-refractivity contribution in [2.45, 2.75) is 69.6 Å². The molecular formula is C15H29NOS. The fourth-order valence-electron chi connectivity index (χ4n) is 3.61. The molecule has 1 saturated carbocycles. The van der Waals surface area contributed by atoms with Gasteiger partial charge in [-0.25, -0.2) is 0 Å². The predicted molar refractivity (Wildman–Crippen MR) is 80.2 cm³/mol. The summed E-state index contributed by atoms with van der Waals surface area (Å²) >= 11 is 2.21. The van der Waals surface area contributed by atoms with Crippen LogP contribution in [0.2, 0.25) is 0 Å². The summed E-state index contributed by atoms with van der Waals surface area (Å²) in [5, 5.41) is 5.21. The van der Waals surface area contributed by atoms with Crippen LogP contribution in [0.4, 0.5) is 0 Å². The number of rotatable bonds is 4. The van der Waals surface area contributed by atoms with Crippen molar-refractivity contribution >= 4 is 11.8 Å². The van der Waals surface area contributed by atoms with Gasteiger partial charge in [-0.15, -0.1) is 0 Å². The van der Waals surface area contributed by atoms with Gasteiger partial charge in [-0.1, -0.05) is 20.8 Å². The van der Waals surface area contributed by atoms with Gasteiger partial charge in [0.15, 0.2) is 0 Å². The van der Waals surface area contributed by atoms with E-state index in [0.717, 1.165) is 30.2 Å². The highest BCUT2D eigenvalue weighted by molar-refractivity contribution is 8.00. The number of ether oxygens (including phenoxy) is 1. The number of hydrogen-bond acceptors (Lipinski definition) is 3. The molecule has 6 unspecified atom stereocenters. The third-order valence-corrected chi connectivity index (χ3v) is 6.57. The smallest absolute Gasteiger partial charge is 0.0666 e. The maximum absolute atomic E-state index is 5.72. The van der Waals surface area contributed by atoms with Crippen LogP contribution in [0, 0.1) is 11.8 Å². The van der Waals surface area contributed by atoms with E-state index in [0.29, 0.717) is 17.4 Å². The second-order valence-electron chi connectivity index (χ2n) is 6.22. The van der Waals surface area contributed by atoms with Gasteiger partial charge in [-0.3, -0.25) is 0 Å². The lowest BCUT2D eigenvalue weighted by atomic mass is 9.80. The van der Waals surface area contributed by atoms with Gasteiger partial charge in [0.2, 0.25) is 0 Å². The second kappa shape index (κ2) is 6.62. The zero-order valence-corrected chi connectivity index (χ0v) is 13.1. The van der Waals surface area contributed by atoms with Gasteiger partial charge in [0.1, 0.15) is 0 Å². The molecule has 6 atom stereocenters. The first kappa shape index (κ1) is 14.7. The fourth-order valence-corrected chi connectivity index (χ4v) is 5.32. The van der Waals surface area contributed by atoms with Crippen molar-refractivity contribution in [1.29, 1.82) is 0 Å². The monoisotopic (exact) mass is 271 g/mol. The Labute approximate surface area is 117 Å². The molecule has 1 aliphatic carbocycles. The second-order valence-corrected chi connectivity index (χ2v) is 7.64. The molecular weight excluding hydrogens is 242 g/mol. The average Bonchev–Trinajstić information content (AvgIpc) is 2.69. The molecule has 3 heteroatoms. The molecule has 1 N–H and O–H groups in total. The van der Waals surface area contributed by atoms with E-state index >= 15 is 0 Å². The molecule has 1 saturated heterocycles. The van der Waals surface area contributed by atoms with Crippen molar-refractivity contribution in [3.05, 3.63) is 0 Å². The Balaban J connectivity index is 1.97. The summed E-state index contributed by atoms with van der Waals surface area (Å²) < 4.78 is 5.72. The molecule has 18 heavy (non-hydrogen) atoms. The Kier molecular flexibility index (Phi) is 5.40. The van der Waals surface area contributed by atoms with Crippen LogP contribution in [0.1, 0.15) is 47.0 Å². The summed E-state index contributed by atoms with van der Waals surface area (Å²) in [7, 11) is 0. The molecule has 0 radical (unpaired) electrons. The fraction of sp³-hybridized carbons (Fsp3) is 1.00. The van der Waals surface area contributed by atoms with Crippen LogP contribution < -0.4 is 5.32 Å². The predicted octanol–water partition coefficient (Wildman–Crippen LogP) is 3.31. The minimum atomic E-state index is 0.448. The van der Waals surface area contributed by atoms with Gasteiger partial charge >= 0.3 is 0 Å². The zero-order valence-electron chi connectivity index (χ0n) is 12.3. The molecule has 0 bridgehead atoms. The number of hydrogen-bond donors (Lipinski definition) is 1. The van der Waals surface area contributed by atoms with Crippen molar-refractivity contribution in [1.82, 2.24) is 5.32 Å². The van der Waals surface area contributed by atoms with Crippen molar-refractivity contribution in [2.24, 2.45) is 11.8 Å². The maximum Gasteiger partial charge on any atom is 0.0666 e. The van der Waals surface area contributed by atoms with Crippen molar-refractivity contribution in [3.8, 4) is 0 Å². The van der Waals surface area contributed by atoms with Crippen LogP contribution >= 0.6 is 11.8 Å². The SMILES string of the molecule is CCNC1CC(C)CC(C)C1SC1CCOC1C. The topological polar surface area (TPSA) is 21.3 Å². The van der Waals surface area contributed by atoms with Gasteiger partial charge in [0.25, 0.3) is 0 Å². The summed E-state index contributed by atoms with van der Waals surface area (Å²) in [6, 6.07) is 0.701. The first-order valence-electron chi connectivity index (χ1n) is 7.62. The first-order chi connectivity index (χ1) is 8.61. The number of thioether (sulfide) groups is 1. The molecule has 1 aliphatic heterocycles. The summed E-state index contributed by atoms with van der Waals surface area (Å²) in [5.41, 5.74) is 0. The van der Waals surface area contributed by atoms with Gasteiger partial charge in [0.05, 0.1) is 6.10 Å². The molecule has 0 aromatic heterocycles. The Morgan fingerprint density at radius 2 is 2.00 bits per heavy atom. The Morgan fingerprint density at radius 1 is 1.22 bits per heavy atom. The third kappa shape index (κ3) is 3.43. The highest BCUT2D eigenvalue weighted by atomic mass is 32.2. The largest absolute Gasteiger partial charge is 0.377 e. The van der Waals surface area contributed by atoms with E-state index in [4.69, 9.17) is 4.74 Å². The van der Waals surface area contributed by atoms with Gasteiger partial charge < -0.3 is 10.1 Å². The van der Waals surface area contributed by atoms with E-state index in [9.17, 15) is 0 Å². The van der Waals surface area contributed by atoms with Crippen LogP contribution in [0.15, 0.2) is 0 Å². The molecule has 2 rings (SSSR count). The lowest BCUT2D eigenvalue weighted by Crippen LogP contribution is -2.47.